The lowest BCUT2D eigenvalue weighted by molar-refractivity contribution is 0.951. The Balaban J connectivity index is 2.50. The fourth-order valence-electron chi connectivity index (χ4n) is 0.441. The second kappa shape index (κ2) is 2.67. The summed E-state index contributed by atoms with van der Waals surface area (Å²) in [5.41, 5.74) is 0. The molecule has 8 heavy (non-hydrogen) atoms. The number of aromatic nitrogens is 3. The summed E-state index contributed by atoms with van der Waals surface area (Å²) < 4.78 is 0. The van der Waals surface area contributed by atoms with Crippen LogP contribution in [0.1, 0.15) is 5.82 Å². The predicted octanol–water partition coefficient (Wildman–Crippen LogP) is 0.586. The Kier molecular flexibility index (Phi) is 1.86. The van der Waals surface area contributed by atoms with Crippen LogP contribution < -0.4 is 0 Å². The van der Waals surface area contributed by atoms with E-state index >= 15 is 0 Å². The largest absolute Gasteiger partial charge is 0.266 e. The Hall–Kier alpha value is -0.570. The van der Waals surface area contributed by atoms with E-state index in [1.165, 1.54) is 0 Å². The maximum absolute atomic E-state index is 5.40. The van der Waals surface area contributed by atoms with Gasteiger partial charge in [-0.25, -0.2) is 4.98 Å². The van der Waals surface area contributed by atoms with Gasteiger partial charge in [0.2, 0.25) is 0 Å². The number of aryl methyl sites for hydroxylation is 1. The van der Waals surface area contributed by atoms with Crippen molar-refractivity contribution in [1.82, 2.24) is 15.2 Å². The van der Waals surface area contributed by atoms with Crippen LogP contribution in [0.15, 0.2) is 6.33 Å². The van der Waals surface area contributed by atoms with Gasteiger partial charge in [-0.1, -0.05) is 0 Å². The van der Waals surface area contributed by atoms with Gasteiger partial charge in [-0.3, -0.25) is 5.10 Å². The van der Waals surface area contributed by atoms with Crippen LogP contribution in [0.3, 0.4) is 0 Å². The van der Waals surface area contributed by atoms with Crippen molar-refractivity contribution in [2.75, 3.05) is 5.88 Å². The minimum atomic E-state index is 0.581. The first-order valence-corrected chi connectivity index (χ1v) is 2.87. The van der Waals surface area contributed by atoms with E-state index in [0.29, 0.717) is 5.88 Å². The fourth-order valence-corrected chi connectivity index (χ4v) is 0.610. The number of aromatic amines is 1. The second-order valence-electron chi connectivity index (χ2n) is 1.35. The van der Waals surface area contributed by atoms with Gasteiger partial charge in [0, 0.05) is 12.3 Å². The molecule has 0 aliphatic rings. The van der Waals surface area contributed by atoms with Crippen molar-refractivity contribution in [1.29, 1.82) is 0 Å². The van der Waals surface area contributed by atoms with Gasteiger partial charge in [-0.05, 0) is 0 Å². The highest BCUT2D eigenvalue weighted by molar-refractivity contribution is 6.17. The van der Waals surface area contributed by atoms with Crippen molar-refractivity contribution in [3.05, 3.63) is 12.2 Å². The zero-order valence-corrected chi connectivity index (χ0v) is 5.02. The molecular formula is C4H6ClN3. The van der Waals surface area contributed by atoms with Crippen LogP contribution in [0.2, 0.25) is 0 Å². The summed E-state index contributed by atoms with van der Waals surface area (Å²) >= 11 is 5.40. The third-order valence-corrected chi connectivity index (χ3v) is 0.972. The first kappa shape index (κ1) is 5.56. The van der Waals surface area contributed by atoms with Crippen molar-refractivity contribution in [2.24, 2.45) is 0 Å². The molecule has 1 aromatic rings. The third-order valence-electron chi connectivity index (χ3n) is 0.783. The molecule has 0 spiro atoms. The van der Waals surface area contributed by atoms with Crippen LogP contribution in [0.4, 0.5) is 0 Å². The number of hydrogen-bond donors (Lipinski definition) is 1. The summed E-state index contributed by atoms with van der Waals surface area (Å²) in [6.07, 6.45) is 2.28. The molecule has 44 valence electrons. The van der Waals surface area contributed by atoms with E-state index in [4.69, 9.17) is 11.6 Å². The molecule has 1 heterocycles. The van der Waals surface area contributed by atoms with Gasteiger partial charge in [0.15, 0.2) is 5.82 Å². The lowest BCUT2D eigenvalue weighted by atomic mass is 10.5. The van der Waals surface area contributed by atoms with Crippen LogP contribution in [-0.2, 0) is 6.42 Å². The van der Waals surface area contributed by atoms with Crippen LogP contribution in [-0.4, -0.2) is 21.1 Å². The molecule has 0 aromatic carbocycles. The first-order valence-electron chi connectivity index (χ1n) is 2.34. The fraction of sp³-hybridized carbons (Fsp3) is 0.500. The van der Waals surface area contributed by atoms with Crippen LogP contribution >= 0.6 is 11.6 Å². The summed E-state index contributed by atoms with van der Waals surface area (Å²) in [5, 5.41) is 6.38. The van der Waals surface area contributed by atoms with E-state index in [-0.39, 0.29) is 0 Å². The SMILES string of the molecule is ClCCc1nc[nH]n1. The van der Waals surface area contributed by atoms with Crippen molar-refractivity contribution >= 4 is 11.6 Å². The highest BCUT2D eigenvalue weighted by Crippen LogP contribution is 1.88. The van der Waals surface area contributed by atoms with Crippen LogP contribution in [0.25, 0.3) is 0 Å². The van der Waals surface area contributed by atoms with E-state index in [9.17, 15) is 0 Å². The smallest absolute Gasteiger partial charge is 0.151 e. The molecule has 0 amide bonds. The highest BCUT2D eigenvalue weighted by atomic mass is 35.5. The number of hydrogen-bond acceptors (Lipinski definition) is 2. The van der Waals surface area contributed by atoms with Crippen molar-refractivity contribution in [3.8, 4) is 0 Å². The van der Waals surface area contributed by atoms with Gasteiger partial charge < -0.3 is 0 Å². The van der Waals surface area contributed by atoms with Crippen molar-refractivity contribution < 1.29 is 0 Å². The van der Waals surface area contributed by atoms with Gasteiger partial charge in [0.25, 0.3) is 0 Å². The summed E-state index contributed by atoms with van der Waals surface area (Å²) in [4.78, 5) is 3.85. The molecule has 1 N–H and O–H groups in total. The van der Waals surface area contributed by atoms with Crippen LogP contribution in [0.5, 0.6) is 0 Å². The molecule has 0 atom stereocenters. The second-order valence-corrected chi connectivity index (χ2v) is 1.73. The van der Waals surface area contributed by atoms with Crippen molar-refractivity contribution in [2.45, 2.75) is 6.42 Å². The lowest BCUT2D eigenvalue weighted by Crippen LogP contribution is -1.87. The highest BCUT2D eigenvalue weighted by Gasteiger charge is 1.90. The molecule has 3 nitrogen and oxygen atoms in total. The maximum Gasteiger partial charge on any atom is 0.151 e. The minimum absolute atomic E-state index is 0.581. The maximum atomic E-state index is 5.40. The summed E-state index contributed by atoms with van der Waals surface area (Å²) in [7, 11) is 0. The molecule has 0 bridgehead atoms. The molecular weight excluding hydrogens is 126 g/mol. The molecule has 0 fully saturated rings. The molecule has 0 saturated heterocycles. The van der Waals surface area contributed by atoms with Gasteiger partial charge in [-0.15, -0.1) is 11.6 Å². The molecule has 4 heteroatoms. The van der Waals surface area contributed by atoms with Gasteiger partial charge in [0.05, 0.1) is 0 Å². The standard InChI is InChI=1S/C4H6ClN3/c5-2-1-4-6-3-7-8-4/h3H,1-2H2,(H,6,7,8). The van der Waals surface area contributed by atoms with Gasteiger partial charge in [0.1, 0.15) is 6.33 Å². The molecule has 1 rings (SSSR count). The minimum Gasteiger partial charge on any atom is -0.266 e. The molecule has 1 aromatic heterocycles. The lowest BCUT2D eigenvalue weighted by Gasteiger charge is -1.81. The quantitative estimate of drug-likeness (QED) is 0.597. The third kappa shape index (κ3) is 1.20. The van der Waals surface area contributed by atoms with E-state index < -0.39 is 0 Å². The molecule has 0 aliphatic heterocycles. The van der Waals surface area contributed by atoms with E-state index in [1.54, 1.807) is 6.33 Å². The average Bonchev–Trinajstić information content (AvgIpc) is 2.19. The molecule has 0 radical (unpaired) electrons. The number of nitrogens with one attached hydrogen (secondary N) is 1. The Labute approximate surface area is 52.1 Å². The zero-order chi connectivity index (χ0) is 5.82. The van der Waals surface area contributed by atoms with Gasteiger partial charge in [-0.2, -0.15) is 5.10 Å². The zero-order valence-electron chi connectivity index (χ0n) is 4.26. The van der Waals surface area contributed by atoms with E-state index in [1.807, 2.05) is 0 Å². The van der Waals surface area contributed by atoms with E-state index in [2.05, 4.69) is 15.2 Å². The molecule has 0 aliphatic carbocycles. The number of halogens is 1. The van der Waals surface area contributed by atoms with E-state index in [0.717, 1.165) is 12.2 Å². The Morgan fingerprint density at radius 3 is 3.12 bits per heavy atom. The first-order chi connectivity index (χ1) is 3.93. The monoisotopic (exact) mass is 131 g/mol. The number of H-pyrrole nitrogens is 1. The van der Waals surface area contributed by atoms with Gasteiger partial charge >= 0.3 is 0 Å². The average molecular weight is 132 g/mol. The van der Waals surface area contributed by atoms with Crippen molar-refractivity contribution in [3.63, 3.8) is 0 Å². The summed E-state index contributed by atoms with van der Waals surface area (Å²) in [6, 6.07) is 0. The Morgan fingerprint density at radius 1 is 1.75 bits per heavy atom. The molecule has 0 unspecified atom stereocenters. The summed E-state index contributed by atoms with van der Waals surface area (Å²) in [6.45, 7) is 0. The topological polar surface area (TPSA) is 41.6 Å². The normalized spacial score (nSPS) is 9.62. The number of rotatable bonds is 2. The Morgan fingerprint density at radius 2 is 2.62 bits per heavy atom. The Bertz CT molecular complexity index is 137. The summed E-state index contributed by atoms with van der Waals surface area (Å²) in [5.74, 6) is 1.36. The molecule has 0 saturated carbocycles. The number of alkyl halides is 1. The van der Waals surface area contributed by atoms with Crippen LogP contribution in [0, 0.1) is 0 Å². The number of nitrogens with zero attached hydrogens (tertiary/aromatic N) is 2. The predicted molar refractivity (Wildman–Crippen MR) is 30.8 cm³/mol.